The summed E-state index contributed by atoms with van der Waals surface area (Å²) in [7, 11) is 2.16. The molecule has 0 saturated heterocycles. The lowest BCUT2D eigenvalue weighted by Crippen LogP contribution is -2.53. The fraction of sp³-hybridized carbons (Fsp3) is 0.938. The van der Waals surface area contributed by atoms with Gasteiger partial charge in [-0.3, -0.25) is 10.1 Å². The molecule has 20 heavy (non-hydrogen) atoms. The first-order chi connectivity index (χ1) is 9.42. The van der Waals surface area contributed by atoms with Crippen molar-refractivity contribution in [1.29, 1.82) is 0 Å². The van der Waals surface area contributed by atoms with E-state index in [1.54, 1.807) is 0 Å². The van der Waals surface area contributed by atoms with Gasteiger partial charge in [0.2, 0.25) is 0 Å². The van der Waals surface area contributed by atoms with E-state index in [2.05, 4.69) is 24.2 Å². The number of hydrogen-bond acceptors (Lipinski definition) is 3. The van der Waals surface area contributed by atoms with Gasteiger partial charge in [-0.25, -0.2) is 0 Å². The van der Waals surface area contributed by atoms with E-state index in [1.165, 1.54) is 25.7 Å². The molecule has 2 saturated carbocycles. The third-order valence-electron chi connectivity index (χ3n) is 5.17. The summed E-state index contributed by atoms with van der Waals surface area (Å²) < 4.78 is 0. The van der Waals surface area contributed by atoms with Gasteiger partial charge in [0.1, 0.15) is 5.54 Å². The van der Waals surface area contributed by atoms with Gasteiger partial charge in [-0.1, -0.05) is 19.8 Å². The molecule has 3 unspecified atom stereocenters. The van der Waals surface area contributed by atoms with Gasteiger partial charge >= 0.3 is 5.97 Å². The minimum Gasteiger partial charge on any atom is -0.480 e. The van der Waals surface area contributed by atoms with Gasteiger partial charge in [-0.2, -0.15) is 0 Å². The Labute approximate surface area is 122 Å². The molecule has 0 aromatic carbocycles. The van der Waals surface area contributed by atoms with Crippen LogP contribution in [-0.2, 0) is 4.79 Å². The van der Waals surface area contributed by atoms with Gasteiger partial charge in [0, 0.05) is 18.6 Å². The normalized spacial score (nSPS) is 30.2. The quantitative estimate of drug-likeness (QED) is 0.753. The largest absolute Gasteiger partial charge is 0.480 e. The number of hydrogen-bond donors (Lipinski definition) is 2. The highest BCUT2D eigenvalue weighted by Gasteiger charge is 2.38. The van der Waals surface area contributed by atoms with Gasteiger partial charge in [0.05, 0.1) is 0 Å². The standard InChI is InChI=1S/C16H30N2O2/c1-12-6-4-5-7-14(12)18(3)11-10-16(2,15(19)20)17-13-8-9-13/h12-14,17H,4-11H2,1-3H3,(H,19,20). The van der Waals surface area contributed by atoms with Crippen molar-refractivity contribution in [2.24, 2.45) is 5.92 Å². The number of rotatable bonds is 7. The Hall–Kier alpha value is -0.610. The molecule has 2 N–H and O–H groups in total. The van der Waals surface area contributed by atoms with E-state index < -0.39 is 11.5 Å². The van der Waals surface area contributed by atoms with Crippen LogP contribution in [0.5, 0.6) is 0 Å². The third kappa shape index (κ3) is 3.95. The number of carbonyl (C=O) groups is 1. The number of nitrogens with one attached hydrogen (secondary N) is 1. The topological polar surface area (TPSA) is 52.6 Å². The maximum Gasteiger partial charge on any atom is 0.323 e. The molecule has 0 radical (unpaired) electrons. The number of aliphatic carboxylic acids is 1. The first kappa shape index (κ1) is 15.8. The van der Waals surface area contributed by atoms with Crippen LogP contribution in [0.25, 0.3) is 0 Å². The molecule has 0 amide bonds. The molecular formula is C16H30N2O2. The molecule has 2 rings (SSSR count). The first-order valence-electron chi connectivity index (χ1n) is 8.14. The Balaban J connectivity index is 1.86. The molecule has 116 valence electrons. The van der Waals surface area contributed by atoms with Gasteiger partial charge < -0.3 is 10.0 Å². The lowest BCUT2D eigenvalue weighted by Gasteiger charge is -2.38. The molecule has 0 spiro atoms. The van der Waals surface area contributed by atoms with Gasteiger partial charge in [-0.05, 0) is 52.0 Å². The third-order valence-corrected chi connectivity index (χ3v) is 5.17. The predicted octanol–water partition coefficient (Wildman–Crippen LogP) is 2.48. The van der Waals surface area contributed by atoms with E-state index in [-0.39, 0.29) is 0 Å². The van der Waals surface area contributed by atoms with E-state index in [4.69, 9.17) is 0 Å². The maximum atomic E-state index is 11.6. The average molecular weight is 282 g/mol. The minimum absolute atomic E-state index is 0.426. The van der Waals surface area contributed by atoms with Crippen LogP contribution in [0.3, 0.4) is 0 Å². The molecular weight excluding hydrogens is 252 g/mol. The summed E-state index contributed by atoms with van der Waals surface area (Å²) in [6.45, 7) is 5.03. The van der Waals surface area contributed by atoms with Crippen molar-refractivity contribution in [3.63, 3.8) is 0 Å². The smallest absolute Gasteiger partial charge is 0.323 e. The molecule has 0 bridgehead atoms. The Morgan fingerprint density at radius 1 is 1.30 bits per heavy atom. The summed E-state index contributed by atoms with van der Waals surface area (Å²) in [4.78, 5) is 13.9. The van der Waals surface area contributed by atoms with Gasteiger partial charge in [0.25, 0.3) is 0 Å². The van der Waals surface area contributed by atoms with Gasteiger partial charge in [-0.15, -0.1) is 0 Å². The summed E-state index contributed by atoms with van der Waals surface area (Å²) in [6.07, 6.45) is 8.16. The average Bonchev–Trinajstić information content (AvgIpc) is 3.20. The van der Waals surface area contributed by atoms with Crippen molar-refractivity contribution < 1.29 is 9.90 Å². The number of carboxylic acids is 1. The second-order valence-electron chi connectivity index (χ2n) is 7.12. The fourth-order valence-corrected chi connectivity index (χ4v) is 3.44. The summed E-state index contributed by atoms with van der Waals surface area (Å²) in [5.41, 5.74) is -0.771. The van der Waals surface area contributed by atoms with Gasteiger partial charge in [0.15, 0.2) is 0 Å². The highest BCUT2D eigenvalue weighted by Crippen LogP contribution is 2.29. The second kappa shape index (κ2) is 6.44. The van der Waals surface area contributed by atoms with Crippen molar-refractivity contribution in [2.75, 3.05) is 13.6 Å². The molecule has 4 heteroatoms. The first-order valence-corrected chi connectivity index (χ1v) is 8.14. The Morgan fingerprint density at radius 2 is 1.95 bits per heavy atom. The molecule has 4 nitrogen and oxygen atoms in total. The molecule has 2 aliphatic rings. The van der Waals surface area contributed by atoms with Crippen LogP contribution in [0.15, 0.2) is 0 Å². The SMILES string of the molecule is CC1CCCCC1N(C)CCC(C)(NC1CC1)C(=O)O. The summed E-state index contributed by atoms with van der Waals surface area (Å²) in [6, 6.07) is 1.05. The van der Waals surface area contributed by atoms with Crippen molar-refractivity contribution in [3.05, 3.63) is 0 Å². The zero-order valence-corrected chi connectivity index (χ0v) is 13.2. The van der Waals surface area contributed by atoms with Crippen LogP contribution in [0.2, 0.25) is 0 Å². The summed E-state index contributed by atoms with van der Waals surface area (Å²) >= 11 is 0. The van der Waals surface area contributed by atoms with Crippen LogP contribution in [-0.4, -0.2) is 47.2 Å². The summed E-state index contributed by atoms with van der Waals surface area (Å²) in [5, 5.41) is 12.8. The number of nitrogens with zero attached hydrogens (tertiary/aromatic N) is 1. The van der Waals surface area contributed by atoms with Crippen molar-refractivity contribution in [3.8, 4) is 0 Å². The Kier molecular flexibility index (Phi) is 5.08. The maximum absolute atomic E-state index is 11.6. The summed E-state index contributed by atoms with van der Waals surface area (Å²) in [5.74, 6) is 0.0238. The van der Waals surface area contributed by atoms with E-state index >= 15 is 0 Å². The monoisotopic (exact) mass is 282 g/mol. The lowest BCUT2D eigenvalue weighted by molar-refractivity contribution is -0.144. The van der Waals surface area contributed by atoms with Crippen molar-refractivity contribution in [1.82, 2.24) is 10.2 Å². The Bertz CT molecular complexity index is 343. The minimum atomic E-state index is -0.771. The lowest BCUT2D eigenvalue weighted by atomic mass is 9.84. The number of carboxylic acid groups (broad SMARTS) is 1. The van der Waals surface area contributed by atoms with Crippen LogP contribution in [0.4, 0.5) is 0 Å². The highest BCUT2D eigenvalue weighted by atomic mass is 16.4. The fourth-order valence-electron chi connectivity index (χ4n) is 3.44. The zero-order chi connectivity index (χ0) is 14.8. The van der Waals surface area contributed by atoms with Crippen LogP contribution in [0, 0.1) is 5.92 Å². The Morgan fingerprint density at radius 3 is 2.50 bits per heavy atom. The van der Waals surface area contributed by atoms with Crippen LogP contribution < -0.4 is 5.32 Å². The molecule has 3 atom stereocenters. The van der Waals surface area contributed by atoms with E-state index in [0.29, 0.717) is 18.5 Å². The molecule has 2 fully saturated rings. The van der Waals surface area contributed by atoms with E-state index in [0.717, 1.165) is 25.3 Å². The molecule has 0 aromatic rings. The predicted molar refractivity (Wildman–Crippen MR) is 80.9 cm³/mol. The molecule has 0 heterocycles. The van der Waals surface area contributed by atoms with Crippen molar-refractivity contribution >= 4 is 5.97 Å². The highest BCUT2D eigenvalue weighted by molar-refractivity contribution is 5.78. The second-order valence-corrected chi connectivity index (χ2v) is 7.12. The molecule has 0 aliphatic heterocycles. The van der Waals surface area contributed by atoms with E-state index in [9.17, 15) is 9.90 Å². The van der Waals surface area contributed by atoms with Crippen LogP contribution >= 0.6 is 0 Å². The van der Waals surface area contributed by atoms with E-state index in [1.807, 2.05) is 6.92 Å². The molecule has 2 aliphatic carbocycles. The zero-order valence-electron chi connectivity index (χ0n) is 13.2. The van der Waals surface area contributed by atoms with Crippen LogP contribution in [0.1, 0.15) is 58.8 Å². The molecule has 0 aromatic heterocycles. The van der Waals surface area contributed by atoms with Crippen molar-refractivity contribution in [2.45, 2.75) is 76.4 Å².